The van der Waals surface area contributed by atoms with Crippen LogP contribution < -0.4 is 0 Å². The van der Waals surface area contributed by atoms with E-state index in [0.717, 1.165) is 0 Å². The maximum absolute atomic E-state index is 11.8. The van der Waals surface area contributed by atoms with Crippen molar-refractivity contribution in [2.24, 2.45) is 0 Å². The lowest BCUT2D eigenvalue weighted by atomic mass is 9.99. The van der Waals surface area contributed by atoms with E-state index in [9.17, 15) is 20.1 Å². The summed E-state index contributed by atoms with van der Waals surface area (Å²) in [5.41, 5.74) is 1.27. The van der Waals surface area contributed by atoms with Crippen molar-refractivity contribution < 1.29 is 34.7 Å². The first-order valence-corrected chi connectivity index (χ1v) is 7.16. The molecule has 0 amide bonds. The Labute approximate surface area is 126 Å². The van der Waals surface area contributed by atoms with Gasteiger partial charge in [-0.15, -0.1) is 0 Å². The maximum Gasteiger partial charge on any atom is 0.187 e. The molecule has 0 saturated carbocycles. The van der Waals surface area contributed by atoms with Crippen molar-refractivity contribution in [2.75, 3.05) is 6.61 Å². The van der Waals surface area contributed by atoms with Gasteiger partial charge in [0.2, 0.25) is 0 Å². The molecule has 8 nitrogen and oxygen atoms in total. The number of aliphatic hydroxyl groups excluding tert-OH is 4. The molecule has 22 heavy (non-hydrogen) atoms. The van der Waals surface area contributed by atoms with Crippen LogP contribution in [-0.4, -0.2) is 68.1 Å². The fourth-order valence-corrected chi connectivity index (χ4v) is 2.88. The summed E-state index contributed by atoms with van der Waals surface area (Å²) in [5.74, 6) is 0.0393. The molecule has 122 valence electrons. The van der Waals surface area contributed by atoms with Gasteiger partial charge in [-0.3, -0.25) is 4.79 Å². The zero-order valence-electron chi connectivity index (χ0n) is 11.8. The number of fused-ring (bicyclic) bond motifs is 1. The number of aromatic nitrogens is 1. The molecule has 1 saturated heterocycles. The molecule has 0 spiro atoms. The quantitative estimate of drug-likeness (QED) is 0.528. The molecule has 5 atom stereocenters. The van der Waals surface area contributed by atoms with Gasteiger partial charge in [-0.05, 0) is 6.07 Å². The molecular formula is C14H19NO7. The monoisotopic (exact) mass is 313 g/mol. The Hall–Kier alpha value is -1.29. The molecule has 2 aliphatic heterocycles. The van der Waals surface area contributed by atoms with Crippen molar-refractivity contribution in [3.8, 4) is 0 Å². The van der Waals surface area contributed by atoms with E-state index in [0.29, 0.717) is 24.2 Å². The minimum atomic E-state index is -1.47. The minimum absolute atomic E-state index is 0.0246. The Morgan fingerprint density at radius 3 is 2.77 bits per heavy atom. The largest absolute Gasteiger partial charge is 0.394 e. The van der Waals surface area contributed by atoms with Gasteiger partial charge in [-0.25, -0.2) is 0 Å². The third kappa shape index (κ3) is 2.58. The van der Waals surface area contributed by atoms with Gasteiger partial charge < -0.3 is 34.5 Å². The van der Waals surface area contributed by atoms with Crippen molar-refractivity contribution >= 4 is 5.78 Å². The van der Waals surface area contributed by atoms with Gasteiger partial charge in [0.1, 0.15) is 24.4 Å². The molecule has 3 rings (SSSR count). The predicted octanol–water partition coefficient (Wildman–Crippen LogP) is -1.61. The number of Topliss-reactive ketones (excluding diaryl/α,β-unsaturated/α-hetero) is 1. The zero-order valence-corrected chi connectivity index (χ0v) is 11.8. The Bertz CT molecular complexity index is 555. The van der Waals surface area contributed by atoms with Crippen molar-refractivity contribution in [1.82, 2.24) is 4.57 Å². The fourth-order valence-electron chi connectivity index (χ4n) is 2.88. The van der Waals surface area contributed by atoms with Crippen LogP contribution >= 0.6 is 0 Å². The fraction of sp³-hybridized carbons (Fsp3) is 0.643. The molecule has 1 aromatic rings. The number of hydrogen-bond donors (Lipinski definition) is 4. The number of carbonyl (C=O) groups is 1. The molecule has 0 bridgehead atoms. The van der Waals surface area contributed by atoms with Gasteiger partial charge in [-0.2, -0.15) is 0 Å². The first-order chi connectivity index (χ1) is 10.5. The normalized spacial score (nSPS) is 34.9. The summed E-state index contributed by atoms with van der Waals surface area (Å²) < 4.78 is 12.5. The first kappa shape index (κ1) is 15.6. The number of nitrogens with zero attached hydrogens (tertiary/aromatic N) is 1. The smallest absolute Gasteiger partial charge is 0.187 e. The van der Waals surface area contributed by atoms with Gasteiger partial charge >= 0.3 is 0 Å². The summed E-state index contributed by atoms with van der Waals surface area (Å²) in [6.07, 6.45) is -4.27. The van der Waals surface area contributed by atoms with Crippen LogP contribution in [0, 0.1) is 0 Å². The van der Waals surface area contributed by atoms with Gasteiger partial charge in [0, 0.05) is 24.7 Å². The molecule has 0 aliphatic carbocycles. The lowest BCUT2D eigenvalue weighted by Crippen LogP contribution is -2.59. The average molecular weight is 313 g/mol. The summed E-state index contributed by atoms with van der Waals surface area (Å²) in [5, 5.41) is 38.4. The van der Waals surface area contributed by atoms with E-state index in [1.807, 2.05) is 4.57 Å². The highest BCUT2D eigenvalue weighted by molar-refractivity contribution is 5.97. The topological polar surface area (TPSA) is 121 Å². The SMILES string of the molecule is O=C1CCn2ccc(COC3OC(CO)C(O)C(O)C3O)c21. The van der Waals surface area contributed by atoms with E-state index < -0.39 is 37.3 Å². The van der Waals surface area contributed by atoms with E-state index in [1.165, 1.54) is 0 Å². The molecule has 5 unspecified atom stereocenters. The predicted molar refractivity (Wildman–Crippen MR) is 71.9 cm³/mol. The number of hydrogen-bond acceptors (Lipinski definition) is 7. The standard InChI is InChI=1S/C14H19NO7/c16-5-9-11(18)12(19)13(20)14(22-9)21-6-7-1-3-15-4-2-8(17)10(7)15/h1,3,9,11-14,16,18-20H,2,4-6H2. The van der Waals surface area contributed by atoms with E-state index in [1.54, 1.807) is 12.3 Å². The Balaban J connectivity index is 1.67. The van der Waals surface area contributed by atoms with Gasteiger partial charge in [0.15, 0.2) is 12.1 Å². The van der Waals surface area contributed by atoms with E-state index >= 15 is 0 Å². The Morgan fingerprint density at radius 1 is 1.27 bits per heavy atom. The second-order valence-corrected chi connectivity index (χ2v) is 5.56. The molecule has 2 aliphatic rings. The Kier molecular flexibility index (Phi) is 4.31. The van der Waals surface area contributed by atoms with Gasteiger partial charge in [-0.1, -0.05) is 0 Å². The van der Waals surface area contributed by atoms with E-state index in [4.69, 9.17) is 14.6 Å². The van der Waals surface area contributed by atoms with E-state index in [2.05, 4.69) is 0 Å². The molecular weight excluding hydrogens is 294 g/mol. The van der Waals surface area contributed by atoms with Crippen LogP contribution in [0.5, 0.6) is 0 Å². The molecule has 1 aromatic heterocycles. The van der Waals surface area contributed by atoms with Crippen molar-refractivity contribution in [3.63, 3.8) is 0 Å². The van der Waals surface area contributed by atoms with Crippen LogP contribution in [-0.2, 0) is 22.6 Å². The van der Waals surface area contributed by atoms with E-state index in [-0.39, 0.29) is 12.4 Å². The molecule has 1 fully saturated rings. The highest BCUT2D eigenvalue weighted by Crippen LogP contribution is 2.25. The number of aryl methyl sites for hydroxylation is 1. The van der Waals surface area contributed by atoms with Crippen LogP contribution in [0.3, 0.4) is 0 Å². The third-order valence-corrected chi connectivity index (χ3v) is 4.14. The molecule has 0 radical (unpaired) electrons. The summed E-state index contributed by atoms with van der Waals surface area (Å²) in [6, 6.07) is 1.76. The van der Waals surface area contributed by atoms with Gasteiger partial charge in [0.05, 0.1) is 18.9 Å². The molecule has 3 heterocycles. The highest BCUT2D eigenvalue weighted by Gasteiger charge is 2.44. The molecule has 0 aromatic carbocycles. The summed E-state index contributed by atoms with van der Waals surface area (Å²) in [4.78, 5) is 11.8. The number of ether oxygens (including phenoxy) is 2. The Morgan fingerprint density at radius 2 is 2.05 bits per heavy atom. The molecule has 8 heteroatoms. The van der Waals surface area contributed by atoms with Crippen LogP contribution in [0.25, 0.3) is 0 Å². The van der Waals surface area contributed by atoms with Crippen LogP contribution in [0.4, 0.5) is 0 Å². The first-order valence-electron chi connectivity index (χ1n) is 7.16. The van der Waals surface area contributed by atoms with Crippen LogP contribution in [0.2, 0.25) is 0 Å². The summed E-state index contributed by atoms with van der Waals surface area (Å²) >= 11 is 0. The highest BCUT2D eigenvalue weighted by atomic mass is 16.7. The average Bonchev–Trinajstić information content (AvgIpc) is 3.08. The van der Waals surface area contributed by atoms with Crippen molar-refractivity contribution in [3.05, 3.63) is 23.5 Å². The van der Waals surface area contributed by atoms with Crippen LogP contribution in [0.15, 0.2) is 12.3 Å². The lowest BCUT2D eigenvalue weighted by Gasteiger charge is -2.39. The van der Waals surface area contributed by atoms with Crippen molar-refractivity contribution in [2.45, 2.75) is 50.3 Å². The number of rotatable bonds is 4. The summed E-state index contributed by atoms with van der Waals surface area (Å²) in [7, 11) is 0. The third-order valence-electron chi connectivity index (χ3n) is 4.14. The second kappa shape index (κ2) is 6.07. The molecule has 4 N–H and O–H groups in total. The second-order valence-electron chi connectivity index (χ2n) is 5.56. The number of ketones is 1. The zero-order chi connectivity index (χ0) is 15.9. The van der Waals surface area contributed by atoms with Crippen LogP contribution in [0.1, 0.15) is 22.5 Å². The summed E-state index contributed by atoms with van der Waals surface area (Å²) in [6.45, 7) is 0.163. The number of carbonyl (C=O) groups excluding carboxylic acids is 1. The lowest BCUT2D eigenvalue weighted by molar-refractivity contribution is -0.304. The van der Waals surface area contributed by atoms with Crippen molar-refractivity contribution in [1.29, 1.82) is 0 Å². The maximum atomic E-state index is 11.8. The minimum Gasteiger partial charge on any atom is -0.394 e. The van der Waals surface area contributed by atoms with Gasteiger partial charge in [0.25, 0.3) is 0 Å². The number of aliphatic hydroxyl groups is 4.